The van der Waals surface area contributed by atoms with Crippen LogP contribution in [0, 0.1) is 0 Å². The van der Waals surface area contributed by atoms with Crippen LogP contribution in [0.4, 0.5) is 0 Å². The quantitative estimate of drug-likeness (QED) is 0.811. The number of phenols is 1. The molecule has 1 heterocycles. The molecule has 4 nitrogen and oxygen atoms in total. The van der Waals surface area contributed by atoms with Crippen LogP contribution in [0.15, 0.2) is 12.1 Å². The average Bonchev–Trinajstić information content (AvgIpc) is 2.47. The molecule has 2 rings (SSSR count). The summed E-state index contributed by atoms with van der Waals surface area (Å²) in [5.74, 6) is 0.852. The molecule has 1 atom stereocenters. The molecule has 0 radical (unpaired) electrons. The molecule has 1 aromatic rings. The summed E-state index contributed by atoms with van der Waals surface area (Å²) >= 11 is 0. The van der Waals surface area contributed by atoms with Crippen LogP contribution < -0.4 is 4.74 Å². The van der Waals surface area contributed by atoms with Crippen LogP contribution in [-0.2, 0) is 17.6 Å². The fraction of sp³-hybridized carbons (Fsp3) is 0.588. The highest BCUT2D eigenvalue weighted by molar-refractivity contribution is 5.79. The number of phenolic OH excluding ortho intramolecular Hbond substituents is 1. The molecule has 0 bridgehead atoms. The number of ketones is 1. The van der Waals surface area contributed by atoms with E-state index in [9.17, 15) is 15.0 Å². The number of aliphatic hydroxyl groups excluding tert-OH is 1. The third-order valence-electron chi connectivity index (χ3n) is 3.91. The van der Waals surface area contributed by atoms with E-state index >= 15 is 0 Å². The Balaban J connectivity index is 1.96. The van der Waals surface area contributed by atoms with Crippen molar-refractivity contribution in [1.29, 1.82) is 0 Å². The maximum Gasteiger partial charge on any atom is 0.164 e. The predicted molar refractivity (Wildman–Crippen MR) is 80.8 cm³/mol. The highest BCUT2D eigenvalue weighted by Gasteiger charge is 2.19. The number of aliphatic hydroxyl groups is 1. The van der Waals surface area contributed by atoms with Gasteiger partial charge in [0.15, 0.2) is 11.5 Å². The Hall–Kier alpha value is -1.55. The number of aromatic hydroxyl groups is 1. The Morgan fingerprint density at radius 1 is 1.43 bits per heavy atom. The molecule has 1 aliphatic heterocycles. The van der Waals surface area contributed by atoms with E-state index in [0.29, 0.717) is 31.6 Å². The molecule has 21 heavy (non-hydrogen) atoms. The number of hydrogen-bond donors (Lipinski definition) is 2. The summed E-state index contributed by atoms with van der Waals surface area (Å²) in [5, 5.41) is 19.5. The number of carbonyl (C=O) groups excluding carboxylic acids is 1. The number of hydrogen-bond acceptors (Lipinski definition) is 4. The van der Waals surface area contributed by atoms with Crippen molar-refractivity contribution in [2.45, 2.75) is 58.0 Å². The van der Waals surface area contributed by atoms with Crippen molar-refractivity contribution in [3.63, 3.8) is 0 Å². The summed E-state index contributed by atoms with van der Waals surface area (Å²) in [6.07, 6.45) is 4.18. The SMILES string of the molecule is CCC[C@@H](O)CC(=O)CCc1ccc(O)c2c1CCCO2. The molecule has 0 amide bonds. The zero-order valence-electron chi connectivity index (χ0n) is 12.6. The summed E-state index contributed by atoms with van der Waals surface area (Å²) in [6.45, 7) is 2.63. The summed E-state index contributed by atoms with van der Waals surface area (Å²) in [6, 6.07) is 3.51. The third-order valence-corrected chi connectivity index (χ3v) is 3.91. The topological polar surface area (TPSA) is 66.8 Å². The van der Waals surface area contributed by atoms with Gasteiger partial charge in [-0.15, -0.1) is 0 Å². The van der Waals surface area contributed by atoms with Crippen LogP contribution in [0.25, 0.3) is 0 Å². The number of benzene rings is 1. The van der Waals surface area contributed by atoms with E-state index in [2.05, 4.69) is 0 Å². The van der Waals surface area contributed by atoms with Gasteiger partial charge in [0.05, 0.1) is 12.7 Å². The van der Waals surface area contributed by atoms with Crippen molar-refractivity contribution in [3.05, 3.63) is 23.3 Å². The maximum absolute atomic E-state index is 11.9. The minimum absolute atomic E-state index is 0.0921. The van der Waals surface area contributed by atoms with Gasteiger partial charge in [-0.3, -0.25) is 4.79 Å². The van der Waals surface area contributed by atoms with Crippen molar-refractivity contribution >= 4 is 5.78 Å². The average molecular weight is 292 g/mol. The van der Waals surface area contributed by atoms with Crippen LogP contribution in [0.2, 0.25) is 0 Å². The van der Waals surface area contributed by atoms with Crippen molar-refractivity contribution < 1.29 is 19.7 Å². The predicted octanol–water partition coefficient (Wildman–Crippen LogP) is 2.77. The number of fused-ring (bicyclic) bond motifs is 1. The molecule has 1 aliphatic rings. The molecule has 0 unspecified atom stereocenters. The van der Waals surface area contributed by atoms with Crippen LogP contribution in [0.5, 0.6) is 11.5 Å². The van der Waals surface area contributed by atoms with Gasteiger partial charge in [0.2, 0.25) is 0 Å². The molecule has 0 saturated heterocycles. The van der Waals surface area contributed by atoms with Crippen molar-refractivity contribution in [1.82, 2.24) is 0 Å². The van der Waals surface area contributed by atoms with Crippen LogP contribution in [-0.4, -0.2) is 28.7 Å². The van der Waals surface area contributed by atoms with E-state index in [1.54, 1.807) is 6.07 Å². The van der Waals surface area contributed by atoms with Gasteiger partial charge in [-0.2, -0.15) is 0 Å². The summed E-state index contributed by atoms with van der Waals surface area (Å²) in [5.41, 5.74) is 2.10. The van der Waals surface area contributed by atoms with Gasteiger partial charge in [0.25, 0.3) is 0 Å². The van der Waals surface area contributed by atoms with Crippen molar-refractivity contribution in [2.75, 3.05) is 6.61 Å². The van der Waals surface area contributed by atoms with Crippen molar-refractivity contribution in [3.8, 4) is 11.5 Å². The second-order valence-electron chi connectivity index (χ2n) is 5.69. The van der Waals surface area contributed by atoms with Gasteiger partial charge in [-0.1, -0.05) is 19.4 Å². The molecule has 4 heteroatoms. The molecular formula is C17H24O4. The standard InChI is InChI=1S/C17H24O4/c1-2-4-13(18)11-14(19)8-6-12-7-9-16(20)17-15(12)5-3-10-21-17/h7,9,13,18,20H,2-6,8,10-11H2,1H3/t13-/m1/s1. The van der Waals surface area contributed by atoms with Gasteiger partial charge in [-0.05, 0) is 37.3 Å². The second kappa shape index (κ2) is 7.46. The molecule has 1 aromatic carbocycles. The molecule has 116 valence electrons. The molecule has 0 fully saturated rings. The molecular weight excluding hydrogens is 268 g/mol. The Morgan fingerprint density at radius 2 is 2.24 bits per heavy atom. The van der Waals surface area contributed by atoms with E-state index in [1.165, 1.54) is 0 Å². The van der Waals surface area contributed by atoms with E-state index < -0.39 is 6.10 Å². The first kappa shape index (κ1) is 15.8. The van der Waals surface area contributed by atoms with Crippen LogP contribution in [0.1, 0.15) is 50.2 Å². The molecule has 0 aliphatic carbocycles. The fourth-order valence-electron chi connectivity index (χ4n) is 2.82. The van der Waals surface area contributed by atoms with Crippen molar-refractivity contribution in [2.24, 2.45) is 0 Å². The normalized spacial score (nSPS) is 15.1. The lowest BCUT2D eigenvalue weighted by Gasteiger charge is -2.21. The Bertz CT molecular complexity index is 496. The maximum atomic E-state index is 11.9. The molecule has 2 N–H and O–H groups in total. The zero-order chi connectivity index (χ0) is 15.2. The first-order valence-corrected chi connectivity index (χ1v) is 7.78. The number of ether oxygens (including phenoxy) is 1. The largest absolute Gasteiger partial charge is 0.504 e. The molecule has 0 spiro atoms. The Morgan fingerprint density at radius 3 is 3.00 bits per heavy atom. The third kappa shape index (κ3) is 4.21. The lowest BCUT2D eigenvalue weighted by molar-refractivity contribution is -0.121. The molecule has 0 saturated carbocycles. The minimum Gasteiger partial charge on any atom is -0.504 e. The van der Waals surface area contributed by atoms with Crippen LogP contribution in [0.3, 0.4) is 0 Å². The Labute approximate surface area is 125 Å². The Kier molecular flexibility index (Phi) is 5.62. The summed E-state index contributed by atoms with van der Waals surface area (Å²) in [7, 11) is 0. The first-order valence-electron chi connectivity index (χ1n) is 7.78. The lowest BCUT2D eigenvalue weighted by Crippen LogP contribution is -2.15. The number of Topliss-reactive ketones (excluding diaryl/α,β-unsaturated/α-hetero) is 1. The lowest BCUT2D eigenvalue weighted by atomic mass is 9.94. The minimum atomic E-state index is -0.514. The van der Waals surface area contributed by atoms with Gasteiger partial charge in [-0.25, -0.2) is 0 Å². The smallest absolute Gasteiger partial charge is 0.164 e. The van der Waals surface area contributed by atoms with Gasteiger partial charge in [0.1, 0.15) is 5.78 Å². The highest BCUT2D eigenvalue weighted by Crippen LogP contribution is 2.36. The summed E-state index contributed by atoms with van der Waals surface area (Å²) < 4.78 is 5.52. The van der Waals surface area contributed by atoms with Gasteiger partial charge in [0, 0.05) is 18.4 Å². The number of rotatable bonds is 7. The second-order valence-corrected chi connectivity index (χ2v) is 5.69. The monoisotopic (exact) mass is 292 g/mol. The van der Waals surface area contributed by atoms with E-state index in [1.807, 2.05) is 13.0 Å². The number of carbonyl (C=O) groups is 1. The van der Waals surface area contributed by atoms with Crippen LogP contribution >= 0.6 is 0 Å². The van der Waals surface area contributed by atoms with E-state index in [4.69, 9.17) is 4.74 Å². The first-order chi connectivity index (χ1) is 10.1. The fourth-order valence-corrected chi connectivity index (χ4v) is 2.82. The molecule has 0 aromatic heterocycles. The number of aryl methyl sites for hydroxylation is 1. The van der Waals surface area contributed by atoms with E-state index in [0.717, 1.165) is 30.4 Å². The highest BCUT2D eigenvalue weighted by atomic mass is 16.5. The zero-order valence-corrected chi connectivity index (χ0v) is 12.6. The van der Waals surface area contributed by atoms with Gasteiger partial charge >= 0.3 is 0 Å². The van der Waals surface area contributed by atoms with Gasteiger partial charge < -0.3 is 14.9 Å². The van der Waals surface area contributed by atoms with E-state index in [-0.39, 0.29) is 18.0 Å². The summed E-state index contributed by atoms with van der Waals surface area (Å²) in [4.78, 5) is 11.9.